The van der Waals surface area contributed by atoms with E-state index in [9.17, 15) is 0 Å². The molecular weight excluding hydrogens is 373 g/mol. The second-order valence-electron chi connectivity index (χ2n) is 4.97. The summed E-state index contributed by atoms with van der Waals surface area (Å²) < 4.78 is -3.23. The third kappa shape index (κ3) is 4.08. The topological polar surface area (TPSA) is 0 Å². The summed E-state index contributed by atoms with van der Waals surface area (Å²) in [5.74, 6) is 0. The molecule has 0 spiro atoms. The minimum absolute atomic E-state index is 0.424. The van der Waals surface area contributed by atoms with Gasteiger partial charge in [0.2, 0.25) is 7.59 Å². The third-order valence-corrected chi connectivity index (χ3v) is 5.67. The van der Waals surface area contributed by atoms with Crippen LogP contribution in [0.5, 0.6) is 0 Å². The van der Waals surface area contributed by atoms with Crippen molar-refractivity contribution in [3.63, 3.8) is 0 Å². The summed E-state index contributed by atoms with van der Waals surface area (Å²) >= 11 is 36.1. The van der Waals surface area contributed by atoms with Crippen LogP contribution in [-0.4, -0.2) is 8.07 Å². The van der Waals surface area contributed by atoms with Gasteiger partial charge in [-0.3, -0.25) is 0 Å². The van der Waals surface area contributed by atoms with Gasteiger partial charge in [-0.05, 0) is 0 Å². The molecule has 0 saturated carbocycles. The summed E-state index contributed by atoms with van der Waals surface area (Å²) in [6.07, 6.45) is 0. The molecule has 7 heteroatoms. The molecule has 0 aromatic heterocycles. The largest absolute Gasteiger partial charge is 0.216 e. The highest BCUT2D eigenvalue weighted by molar-refractivity contribution is 6.89. The van der Waals surface area contributed by atoms with Gasteiger partial charge in [-0.1, -0.05) is 113 Å². The number of hydrogen-bond acceptors (Lipinski definition) is 0. The lowest BCUT2D eigenvalue weighted by atomic mass is 10.1. The molecule has 0 amide bonds. The van der Waals surface area contributed by atoms with E-state index in [4.69, 9.17) is 69.6 Å². The minimum Gasteiger partial charge on any atom is -0.0784 e. The van der Waals surface area contributed by atoms with Crippen molar-refractivity contribution in [2.24, 2.45) is 0 Å². The smallest absolute Gasteiger partial charge is 0.0784 e. The average Bonchev–Trinajstić information content (AvgIpc) is 2.12. The van der Waals surface area contributed by atoms with Gasteiger partial charge >= 0.3 is 0 Å². The van der Waals surface area contributed by atoms with Crippen molar-refractivity contribution in [2.75, 3.05) is 0 Å². The van der Waals surface area contributed by atoms with E-state index in [-0.39, 0.29) is 0 Å². The van der Waals surface area contributed by atoms with Crippen molar-refractivity contribution < 1.29 is 0 Å². The van der Waals surface area contributed by atoms with Gasteiger partial charge in [0.1, 0.15) is 0 Å². The second-order valence-corrected chi connectivity index (χ2v) is 14.6. The number of alkyl halides is 6. The van der Waals surface area contributed by atoms with Gasteiger partial charge in [-0.15, -0.1) is 0 Å². The highest BCUT2D eigenvalue weighted by Crippen LogP contribution is 2.47. The van der Waals surface area contributed by atoms with Crippen LogP contribution in [-0.2, 0) is 7.59 Å². The van der Waals surface area contributed by atoms with E-state index in [0.717, 1.165) is 5.19 Å². The van der Waals surface area contributed by atoms with Crippen molar-refractivity contribution >= 4 is 82.9 Å². The normalized spacial score (nSPS) is 13.8. The Hall–Kier alpha value is 1.18. The van der Waals surface area contributed by atoms with Crippen molar-refractivity contribution in [1.29, 1.82) is 0 Å². The fraction of sp³-hybridized carbons (Fsp3) is 0.455. The molecule has 0 N–H and O–H groups in total. The van der Waals surface area contributed by atoms with Crippen LogP contribution in [0.25, 0.3) is 0 Å². The van der Waals surface area contributed by atoms with Gasteiger partial charge in [0, 0.05) is 11.1 Å². The molecule has 0 unspecified atom stereocenters. The molecule has 0 radical (unpaired) electrons. The Morgan fingerprint density at radius 2 is 1.33 bits per heavy atom. The lowest BCUT2D eigenvalue weighted by Gasteiger charge is -2.29. The summed E-state index contributed by atoms with van der Waals surface area (Å²) in [6.45, 7) is 6.43. The zero-order chi connectivity index (χ0) is 14.4. The number of hydrogen-bond donors (Lipinski definition) is 0. The standard InChI is InChI=1S/C11H12Cl6Si/c1-18(2,3)8-6-4-5-7(10(12,13)14)9(8)11(15,16)17/h4-6H,1-3H3. The molecule has 1 rings (SSSR count). The summed E-state index contributed by atoms with van der Waals surface area (Å²) in [7, 11) is -1.73. The third-order valence-electron chi connectivity index (χ3n) is 2.46. The molecule has 0 aliphatic heterocycles. The van der Waals surface area contributed by atoms with Crippen molar-refractivity contribution in [3.05, 3.63) is 29.3 Å². The molecule has 0 aliphatic carbocycles. The summed E-state index contributed by atoms with van der Waals surface area (Å²) in [5, 5.41) is 0.978. The van der Waals surface area contributed by atoms with E-state index in [2.05, 4.69) is 19.6 Å². The highest BCUT2D eigenvalue weighted by Gasteiger charge is 2.39. The zero-order valence-electron chi connectivity index (χ0n) is 10.00. The van der Waals surface area contributed by atoms with E-state index in [1.807, 2.05) is 12.1 Å². The predicted octanol–water partition coefficient (Wildman–Crippen LogP) is 5.89. The fourth-order valence-electron chi connectivity index (χ4n) is 1.72. The van der Waals surface area contributed by atoms with E-state index >= 15 is 0 Å². The van der Waals surface area contributed by atoms with Crippen molar-refractivity contribution in [1.82, 2.24) is 0 Å². The Kier molecular flexibility index (Phi) is 5.28. The van der Waals surface area contributed by atoms with E-state index in [1.54, 1.807) is 6.07 Å². The van der Waals surface area contributed by atoms with E-state index < -0.39 is 15.7 Å². The lowest BCUT2D eigenvalue weighted by Crippen LogP contribution is -2.43. The van der Waals surface area contributed by atoms with E-state index in [0.29, 0.717) is 11.1 Å². The van der Waals surface area contributed by atoms with Crippen LogP contribution in [0.2, 0.25) is 19.6 Å². The van der Waals surface area contributed by atoms with Crippen LogP contribution in [0, 0.1) is 0 Å². The van der Waals surface area contributed by atoms with Crippen LogP contribution < -0.4 is 5.19 Å². The maximum Gasteiger partial charge on any atom is 0.216 e. The molecule has 0 aliphatic rings. The summed E-state index contributed by atoms with van der Waals surface area (Å²) in [5.41, 5.74) is 0.918. The maximum absolute atomic E-state index is 6.06. The lowest BCUT2D eigenvalue weighted by molar-refractivity contribution is 1.12. The van der Waals surface area contributed by atoms with Gasteiger partial charge in [0.25, 0.3) is 0 Å². The van der Waals surface area contributed by atoms with Gasteiger partial charge < -0.3 is 0 Å². The Balaban J connectivity index is 3.68. The SMILES string of the molecule is C[Si](C)(C)c1cccc(C(Cl)(Cl)Cl)c1C(Cl)(Cl)Cl. The highest BCUT2D eigenvalue weighted by atomic mass is 35.6. The first-order chi connectivity index (χ1) is 7.85. The molecule has 18 heavy (non-hydrogen) atoms. The van der Waals surface area contributed by atoms with Crippen LogP contribution in [0.4, 0.5) is 0 Å². The predicted molar refractivity (Wildman–Crippen MR) is 87.9 cm³/mol. The molecule has 0 bridgehead atoms. The quantitative estimate of drug-likeness (QED) is 0.418. The number of halogens is 6. The first-order valence-electron chi connectivity index (χ1n) is 5.13. The first-order valence-corrected chi connectivity index (χ1v) is 10.9. The molecule has 0 saturated heterocycles. The monoisotopic (exact) mass is 382 g/mol. The maximum atomic E-state index is 6.06. The van der Waals surface area contributed by atoms with Gasteiger partial charge in [-0.25, -0.2) is 0 Å². The average molecular weight is 385 g/mol. The molecule has 1 aromatic carbocycles. The van der Waals surface area contributed by atoms with E-state index in [1.165, 1.54) is 0 Å². The Morgan fingerprint density at radius 3 is 1.67 bits per heavy atom. The molecule has 0 atom stereocenters. The zero-order valence-corrected chi connectivity index (χ0v) is 15.5. The van der Waals surface area contributed by atoms with Crippen LogP contribution in [0.15, 0.2) is 18.2 Å². The summed E-state index contributed by atoms with van der Waals surface area (Å²) in [6, 6.07) is 5.43. The van der Waals surface area contributed by atoms with Crippen molar-refractivity contribution in [2.45, 2.75) is 27.2 Å². The first kappa shape index (κ1) is 17.2. The van der Waals surface area contributed by atoms with Crippen LogP contribution >= 0.6 is 69.6 Å². The Morgan fingerprint density at radius 1 is 0.833 bits per heavy atom. The molecule has 0 nitrogen and oxygen atoms in total. The number of benzene rings is 1. The molecular formula is C11H12Cl6Si. The molecule has 0 fully saturated rings. The minimum atomic E-state index is -1.73. The number of rotatable bonds is 1. The molecule has 102 valence electrons. The Labute approximate surface area is 138 Å². The van der Waals surface area contributed by atoms with Crippen LogP contribution in [0.3, 0.4) is 0 Å². The molecule has 0 heterocycles. The van der Waals surface area contributed by atoms with Gasteiger partial charge in [-0.2, -0.15) is 0 Å². The second kappa shape index (κ2) is 5.52. The van der Waals surface area contributed by atoms with Gasteiger partial charge in [0.15, 0.2) is 0 Å². The fourth-order valence-corrected chi connectivity index (χ4v) is 4.71. The van der Waals surface area contributed by atoms with Gasteiger partial charge in [0.05, 0.1) is 8.07 Å². The summed E-state index contributed by atoms with van der Waals surface area (Å²) in [4.78, 5) is 0. The van der Waals surface area contributed by atoms with Crippen molar-refractivity contribution in [3.8, 4) is 0 Å². The van der Waals surface area contributed by atoms with Crippen LogP contribution in [0.1, 0.15) is 11.1 Å². The Bertz CT molecular complexity index is 406. The molecule has 1 aromatic rings.